The summed E-state index contributed by atoms with van der Waals surface area (Å²) >= 11 is 11.1. The highest BCUT2D eigenvalue weighted by Gasteiger charge is 2.19. The van der Waals surface area contributed by atoms with E-state index in [1.54, 1.807) is 12.0 Å². The van der Waals surface area contributed by atoms with E-state index in [1.165, 1.54) is 19.3 Å². The Hall–Kier alpha value is -0.770. The number of halogens is 2. The monoisotopic (exact) mass is 375 g/mol. The Labute approximate surface area is 157 Å². The van der Waals surface area contributed by atoms with Crippen LogP contribution in [0.15, 0.2) is 18.2 Å². The van der Waals surface area contributed by atoms with Gasteiger partial charge in [-0.15, -0.1) is 23.2 Å². The van der Waals surface area contributed by atoms with Crippen LogP contribution in [0.3, 0.4) is 0 Å². The van der Waals surface area contributed by atoms with E-state index in [0.29, 0.717) is 0 Å². The van der Waals surface area contributed by atoms with Gasteiger partial charge in [0.1, 0.15) is 12.6 Å². The molecule has 0 aliphatic rings. The first-order chi connectivity index (χ1) is 11.6. The van der Waals surface area contributed by atoms with Crippen LogP contribution >= 0.6 is 23.2 Å². The Morgan fingerprint density at radius 1 is 1.08 bits per heavy atom. The summed E-state index contributed by atoms with van der Waals surface area (Å²) in [6.07, 6.45) is 5.48. The minimum absolute atomic E-state index is 0.0371. The molecule has 0 bridgehead atoms. The molecular formula is C19H31Cl2NO2. The molecule has 0 N–H and O–H groups in total. The standard InChI is InChI=1S/C14H20ClNO2.C5H11Cl/c1-4-11-7-6-8-12(5-2)14(11)16(10-18-3)13(17)9-15;1-2-3-4-5-6/h6-8H,4-5,9-10H2,1-3H3;2-5H2,1H3. The number of carbonyl (C=O) groups is 1. The van der Waals surface area contributed by atoms with Gasteiger partial charge in [0.15, 0.2) is 0 Å². The summed E-state index contributed by atoms with van der Waals surface area (Å²) in [6.45, 7) is 6.56. The van der Waals surface area contributed by atoms with Crippen LogP contribution in [-0.4, -0.2) is 31.5 Å². The van der Waals surface area contributed by atoms with Crippen molar-refractivity contribution in [1.29, 1.82) is 0 Å². The second-order valence-corrected chi connectivity index (χ2v) is 6.05. The normalized spacial score (nSPS) is 10.1. The van der Waals surface area contributed by atoms with Crippen molar-refractivity contribution in [2.75, 3.05) is 30.5 Å². The van der Waals surface area contributed by atoms with Crippen molar-refractivity contribution >= 4 is 34.8 Å². The van der Waals surface area contributed by atoms with Crippen molar-refractivity contribution in [2.45, 2.75) is 52.9 Å². The fraction of sp³-hybridized carbons (Fsp3) is 0.632. The van der Waals surface area contributed by atoms with Crippen LogP contribution < -0.4 is 4.90 Å². The van der Waals surface area contributed by atoms with Crippen LogP contribution in [0.2, 0.25) is 0 Å². The third kappa shape index (κ3) is 7.87. The summed E-state index contributed by atoms with van der Waals surface area (Å²) < 4.78 is 5.13. The van der Waals surface area contributed by atoms with Crippen LogP contribution in [0.25, 0.3) is 0 Å². The maximum Gasteiger partial charge on any atom is 0.243 e. The number of anilines is 1. The van der Waals surface area contributed by atoms with E-state index in [4.69, 9.17) is 27.9 Å². The zero-order valence-electron chi connectivity index (χ0n) is 15.4. The third-order valence-electron chi connectivity index (χ3n) is 3.65. The molecule has 0 heterocycles. The number of alkyl halides is 2. The predicted molar refractivity (Wildman–Crippen MR) is 106 cm³/mol. The number of hydrogen-bond acceptors (Lipinski definition) is 2. The molecule has 1 aromatic rings. The molecule has 0 aliphatic carbocycles. The molecule has 0 saturated carbocycles. The first kappa shape index (κ1) is 23.2. The van der Waals surface area contributed by atoms with E-state index in [0.717, 1.165) is 35.5 Å². The molecule has 0 aromatic heterocycles. The molecule has 3 nitrogen and oxygen atoms in total. The number of amides is 1. The number of aryl methyl sites for hydroxylation is 2. The molecule has 1 amide bonds. The Kier molecular flexibility index (Phi) is 14.1. The van der Waals surface area contributed by atoms with Crippen molar-refractivity contribution in [1.82, 2.24) is 0 Å². The molecule has 0 atom stereocenters. The number of ether oxygens (including phenoxy) is 1. The van der Waals surface area contributed by atoms with Gasteiger partial charge in [-0.2, -0.15) is 0 Å². The van der Waals surface area contributed by atoms with Gasteiger partial charge in [0.05, 0.1) is 5.69 Å². The maximum absolute atomic E-state index is 12.0. The number of benzene rings is 1. The third-order valence-corrected chi connectivity index (χ3v) is 4.14. The van der Waals surface area contributed by atoms with Crippen LogP contribution in [0.5, 0.6) is 0 Å². The van der Waals surface area contributed by atoms with Crippen LogP contribution in [-0.2, 0) is 22.4 Å². The van der Waals surface area contributed by atoms with Crippen LogP contribution in [0.4, 0.5) is 5.69 Å². The maximum atomic E-state index is 12.0. The Balaban J connectivity index is 0.000000754. The lowest BCUT2D eigenvalue weighted by Gasteiger charge is -2.26. The summed E-state index contributed by atoms with van der Waals surface area (Å²) in [5.74, 6) is 0.660. The van der Waals surface area contributed by atoms with Gasteiger partial charge in [-0.1, -0.05) is 51.8 Å². The quantitative estimate of drug-likeness (QED) is 0.328. The number of rotatable bonds is 9. The smallest absolute Gasteiger partial charge is 0.243 e. The van der Waals surface area contributed by atoms with Crippen molar-refractivity contribution in [3.8, 4) is 0 Å². The number of nitrogens with zero attached hydrogens (tertiary/aromatic N) is 1. The average molecular weight is 376 g/mol. The SMILES string of the molecule is CCCCCCl.CCc1cccc(CC)c1N(COC)C(=O)CCl. The molecular weight excluding hydrogens is 345 g/mol. The Morgan fingerprint density at radius 3 is 2.00 bits per heavy atom. The average Bonchev–Trinajstić information content (AvgIpc) is 2.63. The summed E-state index contributed by atoms with van der Waals surface area (Å²) in [6, 6.07) is 6.11. The molecule has 5 heteroatoms. The number of unbranched alkanes of at least 4 members (excludes halogenated alkanes) is 2. The van der Waals surface area contributed by atoms with Crippen molar-refractivity contribution in [3.63, 3.8) is 0 Å². The highest BCUT2D eigenvalue weighted by Crippen LogP contribution is 2.27. The first-order valence-electron chi connectivity index (χ1n) is 8.63. The molecule has 1 aromatic carbocycles. The van der Waals surface area contributed by atoms with Gasteiger partial charge in [0.25, 0.3) is 0 Å². The van der Waals surface area contributed by atoms with Gasteiger partial charge in [-0.3, -0.25) is 9.69 Å². The van der Waals surface area contributed by atoms with Gasteiger partial charge in [-0.25, -0.2) is 0 Å². The van der Waals surface area contributed by atoms with E-state index < -0.39 is 0 Å². The van der Waals surface area contributed by atoms with E-state index in [2.05, 4.69) is 20.8 Å². The van der Waals surface area contributed by atoms with Gasteiger partial charge in [0, 0.05) is 13.0 Å². The molecule has 0 spiro atoms. The lowest BCUT2D eigenvalue weighted by molar-refractivity contribution is -0.117. The molecule has 0 saturated heterocycles. The van der Waals surface area contributed by atoms with Crippen LogP contribution in [0.1, 0.15) is 51.2 Å². The van der Waals surface area contributed by atoms with Crippen molar-refractivity contribution in [2.24, 2.45) is 0 Å². The highest BCUT2D eigenvalue weighted by molar-refractivity contribution is 6.29. The molecule has 24 heavy (non-hydrogen) atoms. The number of para-hydroxylation sites is 1. The highest BCUT2D eigenvalue weighted by atomic mass is 35.5. The second kappa shape index (κ2) is 14.6. The molecule has 1 rings (SSSR count). The van der Waals surface area contributed by atoms with Gasteiger partial charge in [0.2, 0.25) is 5.91 Å². The zero-order chi connectivity index (χ0) is 18.4. The number of hydrogen-bond donors (Lipinski definition) is 0. The summed E-state index contributed by atoms with van der Waals surface area (Å²) in [7, 11) is 1.58. The Morgan fingerprint density at radius 2 is 1.67 bits per heavy atom. The van der Waals surface area contributed by atoms with Gasteiger partial charge >= 0.3 is 0 Å². The fourth-order valence-corrected chi connectivity index (χ4v) is 2.70. The summed E-state index contributed by atoms with van der Waals surface area (Å²) in [5.41, 5.74) is 3.24. The van der Waals surface area contributed by atoms with Crippen LogP contribution in [0, 0.1) is 0 Å². The minimum Gasteiger partial charge on any atom is -0.364 e. The van der Waals surface area contributed by atoms with E-state index in [1.807, 2.05) is 18.2 Å². The zero-order valence-corrected chi connectivity index (χ0v) is 16.9. The first-order valence-corrected chi connectivity index (χ1v) is 9.69. The minimum atomic E-state index is -0.130. The van der Waals surface area contributed by atoms with E-state index in [-0.39, 0.29) is 18.5 Å². The number of carbonyl (C=O) groups excluding carboxylic acids is 1. The summed E-state index contributed by atoms with van der Waals surface area (Å²) in [5, 5.41) is 0. The predicted octanol–water partition coefficient (Wildman–Crippen LogP) is 5.40. The molecule has 0 aliphatic heterocycles. The molecule has 138 valence electrons. The molecule has 0 radical (unpaired) electrons. The largest absolute Gasteiger partial charge is 0.364 e. The van der Waals surface area contributed by atoms with Crippen molar-refractivity contribution in [3.05, 3.63) is 29.3 Å². The fourth-order valence-electron chi connectivity index (χ4n) is 2.37. The lowest BCUT2D eigenvalue weighted by Crippen LogP contribution is -2.35. The topological polar surface area (TPSA) is 29.5 Å². The number of methoxy groups -OCH3 is 1. The van der Waals surface area contributed by atoms with Gasteiger partial charge < -0.3 is 4.74 Å². The van der Waals surface area contributed by atoms with Gasteiger partial charge in [-0.05, 0) is 30.4 Å². The second-order valence-electron chi connectivity index (χ2n) is 5.40. The summed E-state index contributed by atoms with van der Waals surface area (Å²) in [4.78, 5) is 13.6. The molecule has 0 unspecified atom stereocenters. The van der Waals surface area contributed by atoms with E-state index in [9.17, 15) is 4.79 Å². The molecule has 0 fully saturated rings. The van der Waals surface area contributed by atoms with Crippen molar-refractivity contribution < 1.29 is 9.53 Å². The lowest BCUT2D eigenvalue weighted by atomic mass is 10.0. The Bertz CT molecular complexity index is 440. The van der Waals surface area contributed by atoms with E-state index >= 15 is 0 Å².